The number of nitrogens with zero attached hydrogens (tertiary/aromatic N) is 3. The maximum atomic E-state index is 15.2. The van der Waals surface area contributed by atoms with E-state index in [4.69, 9.17) is 14.2 Å². The lowest BCUT2D eigenvalue weighted by Gasteiger charge is -2.54. The van der Waals surface area contributed by atoms with Crippen molar-refractivity contribution in [2.75, 3.05) is 13.7 Å². The van der Waals surface area contributed by atoms with Crippen molar-refractivity contribution in [2.24, 2.45) is 5.92 Å². The van der Waals surface area contributed by atoms with Gasteiger partial charge in [0.25, 0.3) is 0 Å². The Bertz CT molecular complexity index is 1490. The van der Waals surface area contributed by atoms with Crippen LogP contribution in [0.4, 0.5) is 4.39 Å². The third kappa shape index (κ3) is 4.48. The molecule has 8 heteroatoms. The number of methoxy groups -OCH3 is 1. The summed E-state index contributed by atoms with van der Waals surface area (Å²) >= 11 is 0. The van der Waals surface area contributed by atoms with Gasteiger partial charge in [-0.2, -0.15) is 0 Å². The lowest BCUT2D eigenvalue weighted by Crippen LogP contribution is -2.58. The maximum absolute atomic E-state index is 15.2. The highest BCUT2D eigenvalue weighted by molar-refractivity contribution is 5.87. The molecule has 0 amide bonds. The minimum absolute atomic E-state index is 0.109. The number of benzene rings is 2. The number of aryl methyl sites for hydroxylation is 1. The van der Waals surface area contributed by atoms with E-state index >= 15 is 4.39 Å². The molecule has 3 aliphatic carbocycles. The molecule has 3 aliphatic rings. The predicted octanol–water partition coefficient (Wildman–Crippen LogP) is 6.92. The third-order valence-electron chi connectivity index (χ3n) is 9.03. The van der Waals surface area contributed by atoms with Crippen molar-refractivity contribution in [3.8, 4) is 23.1 Å². The summed E-state index contributed by atoms with van der Waals surface area (Å²) in [6, 6.07) is 11.2. The normalized spacial score (nSPS) is 21.5. The highest BCUT2D eigenvalue weighted by Gasteiger charge is 2.43. The van der Waals surface area contributed by atoms with Crippen molar-refractivity contribution >= 4 is 21.8 Å². The second-order valence-electron chi connectivity index (χ2n) is 11.5. The standard InChI is InChI=1S/C31H35FN4O3/c1-18-11-23-25(35-18)9-10-27(30(23)32)39-31-24-14-28(37-2)29(15-26(24)33-17-34-31)38-16-19-12-22(13-19)36(20-5-3-6-20)21-7-4-8-21/h9-11,14-15,17,19-22,35H,3-8,12-13,16H2,1-2H3. The second kappa shape index (κ2) is 9.97. The maximum Gasteiger partial charge on any atom is 0.230 e. The summed E-state index contributed by atoms with van der Waals surface area (Å²) in [5.74, 6) is 1.74. The Morgan fingerprint density at radius 1 is 0.923 bits per heavy atom. The van der Waals surface area contributed by atoms with E-state index in [2.05, 4.69) is 19.9 Å². The van der Waals surface area contributed by atoms with E-state index in [1.807, 2.05) is 19.1 Å². The molecule has 0 bridgehead atoms. The molecule has 7 rings (SSSR count). The molecule has 39 heavy (non-hydrogen) atoms. The van der Waals surface area contributed by atoms with Crippen LogP contribution in [-0.4, -0.2) is 51.7 Å². The van der Waals surface area contributed by atoms with Gasteiger partial charge in [0.2, 0.25) is 5.88 Å². The summed E-state index contributed by atoms with van der Waals surface area (Å²) in [6.07, 6.45) is 12.1. The van der Waals surface area contributed by atoms with Crippen LogP contribution >= 0.6 is 0 Å². The van der Waals surface area contributed by atoms with Crippen molar-refractivity contribution in [3.05, 3.63) is 48.2 Å². The molecule has 2 aromatic heterocycles. The fraction of sp³-hybridized carbons (Fsp3) is 0.484. The lowest BCUT2D eigenvalue weighted by atomic mass is 9.74. The van der Waals surface area contributed by atoms with Crippen LogP contribution in [-0.2, 0) is 0 Å². The number of ether oxygens (including phenoxy) is 3. The average molecular weight is 531 g/mol. The zero-order valence-corrected chi connectivity index (χ0v) is 22.6. The fourth-order valence-corrected chi connectivity index (χ4v) is 6.42. The number of aromatic nitrogens is 3. The van der Waals surface area contributed by atoms with E-state index in [1.54, 1.807) is 25.3 Å². The number of fused-ring (bicyclic) bond motifs is 2. The Labute approximate surface area is 227 Å². The fourth-order valence-electron chi connectivity index (χ4n) is 6.42. The van der Waals surface area contributed by atoms with Crippen LogP contribution in [0.5, 0.6) is 23.1 Å². The largest absolute Gasteiger partial charge is 0.493 e. The molecule has 4 aromatic rings. The van der Waals surface area contributed by atoms with Crippen LogP contribution in [0.1, 0.15) is 57.1 Å². The molecule has 7 nitrogen and oxygen atoms in total. The Balaban J connectivity index is 1.06. The first-order valence-electron chi connectivity index (χ1n) is 14.3. The van der Waals surface area contributed by atoms with Gasteiger partial charge in [-0.1, -0.05) is 12.8 Å². The molecular formula is C31H35FN4O3. The van der Waals surface area contributed by atoms with Crippen LogP contribution in [0, 0.1) is 18.7 Å². The monoisotopic (exact) mass is 530 g/mol. The van der Waals surface area contributed by atoms with Crippen molar-refractivity contribution in [1.82, 2.24) is 19.9 Å². The summed E-state index contributed by atoms with van der Waals surface area (Å²) in [7, 11) is 1.62. The Morgan fingerprint density at radius 2 is 1.69 bits per heavy atom. The van der Waals surface area contributed by atoms with Crippen molar-refractivity contribution in [2.45, 2.75) is 76.4 Å². The number of rotatable bonds is 9. The van der Waals surface area contributed by atoms with E-state index in [9.17, 15) is 0 Å². The van der Waals surface area contributed by atoms with Gasteiger partial charge in [0.15, 0.2) is 23.1 Å². The number of halogens is 1. The Morgan fingerprint density at radius 3 is 2.38 bits per heavy atom. The van der Waals surface area contributed by atoms with Gasteiger partial charge in [0.05, 0.1) is 24.6 Å². The number of nitrogens with one attached hydrogen (secondary N) is 1. The molecule has 0 unspecified atom stereocenters. The summed E-state index contributed by atoms with van der Waals surface area (Å²) in [6.45, 7) is 2.56. The molecular weight excluding hydrogens is 495 g/mol. The van der Waals surface area contributed by atoms with Gasteiger partial charge in [0, 0.05) is 40.8 Å². The molecule has 3 saturated carbocycles. The van der Waals surface area contributed by atoms with Gasteiger partial charge in [-0.25, -0.2) is 14.4 Å². The zero-order chi connectivity index (χ0) is 26.5. The quantitative estimate of drug-likeness (QED) is 0.253. The Hall–Kier alpha value is -3.39. The number of aromatic amines is 1. The van der Waals surface area contributed by atoms with Crippen LogP contribution < -0.4 is 14.2 Å². The van der Waals surface area contributed by atoms with Gasteiger partial charge >= 0.3 is 0 Å². The first-order chi connectivity index (χ1) is 19.1. The lowest BCUT2D eigenvalue weighted by molar-refractivity contribution is -0.0516. The van der Waals surface area contributed by atoms with E-state index in [-0.39, 0.29) is 11.6 Å². The van der Waals surface area contributed by atoms with E-state index in [1.165, 1.54) is 57.7 Å². The molecule has 2 aromatic carbocycles. The minimum atomic E-state index is -0.428. The minimum Gasteiger partial charge on any atom is -0.493 e. The molecule has 204 valence electrons. The van der Waals surface area contributed by atoms with E-state index in [0.717, 1.165) is 29.3 Å². The highest BCUT2D eigenvalue weighted by Crippen LogP contribution is 2.43. The van der Waals surface area contributed by atoms with Crippen LogP contribution in [0.15, 0.2) is 36.7 Å². The van der Waals surface area contributed by atoms with E-state index in [0.29, 0.717) is 40.3 Å². The molecule has 2 heterocycles. The first-order valence-corrected chi connectivity index (χ1v) is 14.3. The molecule has 1 N–H and O–H groups in total. The zero-order valence-electron chi connectivity index (χ0n) is 22.6. The van der Waals surface area contributed by atoms with Crippen LogP contribution in [0.3, 0.4) is 0 Å². The van der Waals surface area contributed by atoms with Gasteiger partial charge in [-0.3, -0.25) is 4.90 Å². The summed E-state index contributed by atoms with van der Waals surface area (Å²) < 4.78 is 33.1. The average Bonchev–Trinajstić information content (AvgIpc) is 3.23. The highest BCUT2D eigenvalue weighted by atomic mass is 19.1. The summed E-state index contributed by atoms with van der Waals surface area (Å²) in [4.78, 5) is 14.7. The molecule has 0 aliphatic heterocycles. The smallest absolute Gasteiger partial charge is 0.230 e. The molecule has 0 atom stereocenters. The molecule has 0 radical (unpaired) electrons. The SMILES string of the molecule is COc1cc2c(Oc3ccc4[nH]c(C)cc4c3F)ncnc2cc1OCC1CC(N(C2CCC2)C2CCC2)C1. The summed E-state index contributed by atoms with van der Waals surface area (Å²) in [5, 5.41) is 1.12. The first kappa shape index (κ1) is 24.6. The van der Waals surface area contributed by atoms with Gasteiger partial charge in [-0.05, 0) is 75.6 Å². The van der Waals surface area contributed by atoms with Crippen molar-refractivity contribution in [1.29, 1.82) is 0 Å². The van der Waals surface area contributed by atoms with E-state index < -0.39 is 5.82 Å². The topological polar surface area (TPSA) is 72.5 Å². The molecule has 3 fully saturated rings. The summed E-state index contributed by atoms with van der Waals surface area (Å²) in [5.41, 5.74) is 2.27. The molecule has 0 spiro atoms. The Kier molecular flexibility index (Phi) is 6.30. The predicted molar refractivity (Wildman–Crippen MR) is 148 cm³/mol. The second-order valence-corrected chi connectivity index (χ2v) is 11.5. The van der Waals surface area contributed by atoms with Crippen LogP contribution in [0.25, 0.3) is 21.8 Å². The number of hydrogen-bond acceptors (Lipinski definition) is 6. The van der Waals surface area contributed by atoms with Gasteiger partial charge in [0.1, 0.15) is 6.33 Å². The number of hydrogen-bond donors (Lipinski definition) is 1. The number of H-pyrrole nitrogens is 1. The van der Waals surface area contributed by atoms with Gasteiger partial charge in [-0.15, -0.1) is 0 Å². The van der Waals surface area contributed by atoms with Crippen molar-refractivity contribution < 1.29 is 18.6 Å². The van der Waals surface area contributed by atoms with Gasteiger partial charge < -0.3 is 19.2 Å². The van der Waals surface area contributed by atoms with Crippen LogP contribution in [0.2, 0.25) is 0 Å². The third-order valence-corrected chi connectivity index (χ3v) is 9.03. The van der Waals surface area contributed by atoms with Crippen molar-refractivity contribution in [3.63, 3.8) is 0 Å². The molecule has 0 saturated heterocycles.